The molecule has 5 rings (SSSR count). The number of ether oxygens (including phenoxy) is 4. The Kier molecular flexibility index (Phi) is 8.80. The fraction of sp³-hybridized carbons (Fsp3) is 0.424. The van der Waals surface area contributed by atoms with E-state index in [0.29, 0.717) is 42.7 Å². The van der Waals surface area contributed by atoms with Crippen LogP contribution in [-0.4, -0.2) is 58.9 Å². The van der Waals surface area contributed by atoms with Crippen molar-refractivity contribution in [1.29, 1.82) is 0 Å². The maximum absolute atomic E-state index is 13.3. The Morgan fingerprint density at radius 3 is 2.33 bits per heavy atom. The predicted octanol–water partition coefficient (Wildman–Crippen LogP) is 5.10. The molecular weight excluding hydrogens is 504 g/mol. The van der Waals surface area contributed by atoms with E-state index in [4.69, 9.17) is 18.9 Å². The molecule has 3 aromatic rings. The molecule has 0 spiro atoms. The van der Waals surface area contributed by atoms with E-state index in [0.717, 1.165) is 42.7 Å². The average Bonchev–Trinajstić information content (AvgIpc) is 3.00. The van der Waals surface area contributed by atoms with Gasteiger partial charge in [0.1, 0.15) is 0 Å². The van der Waals surface area contributed by atoms with Gasteiger partial charge in [0.2, 0.25) is 5.91 Å². The topological polar surface area (TPSA) is 69.3 Å². The van der Waals surface area contributed by atoms with Crippen LogP contribution >= 0.6 is 0 Å². The van der Waals surface area contributed by atoms with Gasteiger partial charge in [-0.3, -0.25) is 9.69 Å². The van der Waals surface area contributed by atoms with E-state index in [2.05, 4.69) is 52.7 Å². The number of carbonyl (C=O) groups excluding carboxylic acids is 1. The second-order valence-corrected chi connectivity index (χ2v) is 10.6. The average molecular weight is 545 g/mol. The number of nitrogens with one attached hydrogen (secondary N) is 1. The summed E-state index contributed by atoms with van der Waals surface area (Å²) in [5, 5.41) is 3.26. The summed E-state index contributed by atoms with van der Waals surface area (Å²) in [7, 11) is 6.61. The Morgan fingerprint density at radius 1 is 0.825 bits per heavy atom. The summed E-state index contributed by atoms with van der Waals surface area (Å²) in [6.45, 7) is 1.78. The predicted molar refractivity (Wildman–Crippen MR) is 156 cm³/mol. The van der Waals surface area contributed by atoms with Crippen molar-refractivity contribution in [2.24, 2.45) is 0 Å². The molecule has 3 aromatic carbocycles. The molecule has 0 saturated heterocycles. The van der Waals surface area contributed by atoms with E-state index < -0.39 is 0 Å². The van der Waals surface area contributed by atoms with E-state index >= 15 is 0 Å². The summed E-state index contributed by atoms with van der Waals surface area (Å²) in [5.41, 5.74) is 6.29. The van der Waals surface area contributed by atoms with Gasteiger partial charge < -0.3 is 24.3 Å². The molecule has 0 bridgehead atoms. The lowest BCUT2D eigenvalue weighted by atomic mass is 9.83. The number of hydrogen-bond acceptors (Lipinski definition) is 6. The van der Waals surface area contributed by atoms with Crippen LogP contribution in [-0.2, 0) is 24.1 Å². The van der Waals surface area contributed by atoms with E-state index in [1.807, 2.05) is 12.1 Å². The summed E-state index contributed by atoms with van der Waals surface area (Å²) in [5.74, 6) is 3.24. The van der Waals surface area contributed by atoms with Gasteiger partial charge in [0.05, 0.1) is 35.0 Å². The molecule has 40 heavy (non-hydrogen) atoms. The van der Waals surface area contributed by atoms with Gasteiger partial charge in [-0.2, -0.15) is 0 Å². The van der Waals surface area contributed by atoms with Crippen LogP contribution in [0.2, 0.25) is 0 Å². The number of fused-ring (bicyclic) bond motifs is 2. The van der Waals surface area contributed by atoms with Crippen molar-refractivity contribution in [2.75, 3.05) is 48.1 Å². The minimum absolute atomic E-state index is 0.0113. The third-order valence-corrected chi connectivity index (χ3v) is 8.38. The van der Waals surface area contributed by atoms with Gasteiger partial charge >= 0.3 is 0 Å². The van der Waals surface area contributed by atoms with E-state index in [1.54, 1.807) is 28.4 Å². The Labute approximate surface area is 237 Å². The van der Waals surface area contributed by atoms with Gasteiger partial charge in [-0.05, 0) is 84.2 Å². The number of nitrogens with zero attached hydrogens (tertiary/aromatic N) is 1. The van der Waals surface area contributed by atoms with Crippen LogP contribution in [0.1, 0.15) is 52.6 Å². The first-order chi connectivity index (χ1) is 19.5. The summed E-state index contributed by atoms with van der Waals surface area (Å²) in [4.78, 5) is 15.6. The summed E-state index contributed by atoms with van der Waals surface area (Å²) < 4.78 is 22.3. The van der Waals surface area contributed by atoms with Crippen LogP contribution in [0, 0.1) is 0 Å². The zero-order chi connectivity index (χ0) is 28.1. The number of benzene rings is 3. The van der Waals surface area contributed by atoms with Gasteiger partial charge in [0.25, 0.3) is 0 Å². The second kappa shape index (κ2) is 12.6. The molecule has 1 amide bonds. The molecule has 0 radical (unpaired) electrons. The standard InChI is InChI=1S/C33H40N2O5/c1-37-29-13-12-22(17-30(29)38-2)16-28-27-19-32(40-4)31(39-3)18-24(27)14-15-35(28)21-33(36)34-20-25-10-7-9-23-8-5-6-11-26(23)25/h5-6,8,11-13,17-19,25,28H,7,9-10,14-16,20-21H2,1-4H3,(H,34,36). The van der Waals surface area contributed by atoms with Crippen LogP contribution in [0.25, 0.3) is 0 Å². The highest BCUT2D eigenvalue weighted by Crippen LogP contribution is 2.40. The Morgan fingerprint density at radius 2 is 1.55 bits per heavy atom. The molecule has 1 aliphatic heterocycles. The van der Waals surface area contributed by atoms with Gasteiger partial charge in [-0.15, -0.1) is 0 Å². The molecular formula is C33H40N2O5. The molecule has 1 N–H and O–H groups in total. The third kappa shape index (κ3) is 5.89. The lowest BCUT2D eigenvalue weighted by molar-refractivity contribution is -0.123. The molecule has 212 valence electrons. The Balaban J connectivity index is 1.37. The van der Waals surface area contributed by atoms with Crippen LogP contribution in [0.15, 0.2) is 54.6 Å². The van der Waals surface area contributed by atoms with Crippen molar-refractivity contribution in [3.8, 4) is 23.0 Å². The van der Waals surface area contributed by atoms with E-state index in [1.165, 1.54) is 23.1 Å². The molecule has 2 unspecified atom stereocenters. The number of carbonyl (C=O) groups is 1. The van der Waals surface area contributed by atoms with Crippen molar-refractivity contribution < 1.29 is 23.7 Å². The fourth-order valence-corrected chi connectivity index (χ4v) is 6.28. The van der Waals surface area contributed by atoms with Crippen LogP contribution in [0.4, 0.5) is 0 Å². The smallest absolute Gasteiger partial charge is 0.234 e. The van der Waals surface area contributed by atoms with Gasteiger partial charge in [-0.25, -0.2) is 0 Å². The number of hydrogen-bond donors (Lipinski definition) is 1. The summed E-state index contributed by atoms with van der Waals surface area (Å²) in [6.07, 6.45) is 4.95. The quantitative estimate of drug-likeness (QED) is 0.383. The summed E-state index contributed by atoms with van der Waals surface area (Å²) in [6, 6.07) is 18.8. The van der Waals surface area contributed by atoms with E-state index in [-0.39, 0.29) is 11.9 Å². The van der Waals surface area contributed by atoms with Crippen molar-refractivity contribution in [1.82, 2.24) is 10.2 Å². The minimum Gasteiger partial charge on any atom is -0.493 e. The Bertz CT molecular complexity index is 1340. The zero-order valence-electron chi connectivity index (χ0n) is 24.0. The highest BCUT2D eigenvalue weighted by Gasteiger charge is 2.31. The highest BCUT2D eigenvalue weighted by molar-refractivity contribution is 5.78. The van der Waals surface area contributed by atoms with Crippen LogP contribution in [0.5, 0.6) is 23.0 Å². The SMILES string of the molecule is COc1ccc(CC2c3cc(OC)c(OC)cc3CCN2CC(=O)NCC2CCCc3ccccc32)cc1OC. The van der Waals surface area contributed by atoms with Crippen molar-refractivity contribution in [2.45, 2.75) is 44.1 Å². The molecule has 7 nitrogen and oxygen atoms in total. The lowest BCUT2D eigenvalue weighted by Crippen LogP contribution is -2.44. The molecule has 0 aromatic heterocycles. The normalized spacial score (nSPS) is 18.3. The largest absolute Gasteiger partial charge is 0.493 e. The molecule has 0 saturated carbocycles. The van der Waals surface area contributed by atoms with Crippen LogP contribution in [0.3, 0.4) is 0 Å². The number of aryl methyl sites for hydroxylation is 1. The molecule has 1 heterocycles. The number of methoxy groups -OCH3 is 4. The maximum Gasteiger partial charge on any atom is 0.234 e. The first kappa shape index (κ1) is 27.8. The van der Waals surface area contributed by atoms with Gasteiger partial charge in [0, 0.05) is 25.0 Å². The fourth-order valence-electron chi connectivity index (χ4n) is 6.28. The lowest BCUT2D eigenvalue weighted by Gasteiger charge is -2.37. The minimum atomic E-state index is -0.0113. The summed E-state index contributed by atoms with van der Waals surface area (Å²) >= 11 is 0. The highest BCUT2D eigenvalue weighted by atomic mass is 16.5. The molecule has 2 atom stereocenters. The van der Waals surface area contributed by atoms with Gasteiger partial charge in [-0.1, -0.05) is 30.3 Å². The van der Waals surface area contributed by atoms with Crippen LogP contribution < -0.4 is 24.3 Å². The Hall–Kier alpha value is -3.71. The first-order valence-electron chi connectivity index (χ1n) is 14.1. The van der Waals surface area contributed by atoms with E-state index in [9.17, 15) is 4.79 Å². The monoisotopic (exact) mass is 544 g/mol. The third-order valence-electron chi connectivity index (χ3n) is 8.38. The zero-order valence-corrected chi connectivity index (χ0v) is 24.0. The molecule has 7 heteroatoms. The van der Waals surface area contributed by atoms with Crippen molar-refractivity contribution in [3.63, 3.8) is 0 Å². The van der Waals surface area contributed by atoms with Gasteiger partial charge in [0.15, 0.2) is 23.0 Å². The number of rotatable bonds is 10. The number of amides is 1. The first-order valence-corrected chi connectivity index (χ1v) is 14.1. The maximum atomic E-state index is 13.3. The second-order valence-electron chi connectivity index (χ2n) is 10.6. The van der Waals surface area contributed by atoms with Crippen molar-refractivity contribution >= 4 is 5.91 Å². The molecule has 2 aliphatic rings. The van der Waals surface area contributed by atoms with Crippen molar-refractivity contribution in [3.05, 3.63) is 82.4 Å². The molecule has 0 fully saturated rings. The molecule has 1 aliphatic carbocycles.